The maximum atomic E-state index is 5.94. The van der Waals surface area contributed by atoms with Crippen molar-refractivity contribution in [3.8, 4) is 0 Å². The minimum atomic E-state index is 0.268. The average Bonchev–Trinajstić information content (AvgIpc) is 2.89. The van der Waals surface area contributed by atoms with Crippen LogP contribution in [0.15, 0.2) is 12.4 Å². The molecule has 1 fully saturated rings. The Hall–Kier alpha value is -0.520. The number of hydrogen-bond acceptors (Lipinski definition) is 4. The zero-order valence-electron chi connectivity index (χ0n) is 12.0. The Labute approximate surface area is 120 Å². The highest BCUT2D eigenvalue weighted by Gasteiger charge is 2.26. The number of nitrogens with one attached hydrogen (secondary N) is 1. The fourth-order valence-electron chi connectivity index (χ4n) is 2.35. The van der Waals surface area contributed by atoms with E-state index in [1.807, 2.05) is 22.6 Å². The lowest BCUT2D eigenvalue weighted by Gasteiger charge is -2.30. The Balaban J connectivity index is 2.05. The third kappa shape index (κ3) is 4.23. The molecule has 1 aliphatic heterocycles. The molecule has 4 nitrogen and oxygen atoms in total. The van der Waals surface area contributed by atoms with E-state index in [0.717, 1.165) is 44.0 Å². The van der Waals surface area contributed by atoms with Crippen molar-refractivity contribution in [3.63, 3.8) is 0 Å². The number of rotatable bonds is 7. The molecule has 5 heteroatoms. The topological polar surface area (TPSA) is 39.1 Å². The van der Waals surface area contributed by atoms with Gasteiger partial charge in [-0.25, -0.2) is 0 Å². The summed E-state index contributed by atoms with van der Waals surface area (Å²) in [6.07, 6.45) is 6.68. The van der Waals surface area contributed by atoms with Crippen LogP contribution in [0, 0.1) is 0 Å². The van der Waals surface area contributed by atoms with Crippen molar-refractivity contribution in [2.24, 2.45) is 0 Å². The van der Waals surface area contributed by atoms with Crippen LogP contribution in [-0.4, -0.2) is 40.5 Å². The van der Waals surface area contributed by atoms with Gasteiger partial charge in [-0.05, 0) is 19.4 Å². The summed E-state index contributed by atoms with van der Waals surface area (Å²) >= 11 is 1.98. The van der Waals surface area contributed by atoms with Crippen molar-refractivity contribution in [1.82, 2.24) is 15.1 Å². The third-order valence-corrected chi connectivity index (χ3v) is 4.31. The fourth-order valence-corrected chi connectivity index (χ4v) is 3.26. The fraction of sp³-hybridized carbons (Fsp3) is 0.786. The minimum Gasteiger partial charge on any atom is -0.375 e. The second-order valence-corrected chi connectivity index (χ2v) is 6.10. The number of ether oxygens (including phenoxy) is 1. The molecule has 1 saturated heterocycles. The van der Waals surface area contributed by atoms with Crippen LogP contribution in [0.1, 0.15) is 38.3 Å². The molecule has 2 unspecified atom stereocenters. The lowest BCUT2D eigenvalue weighted by atomic mass is 10.1. The normalized spacial score (nSPS) is 21.5. The van der Waals surface area contributed by atoms with Gasteiger partial charge in [0.1, 0.15) is 0 Å². The number of aromatic nitrogens is 2. The standard InChI is InChI=1S/C14H25N3OS/c1-3-5-15-14(13-11-19-8-7-18-13)12-9-16-17(10-12)6-4-2/h9-10,13-15H,3-8,11H2,1-2H3. The molecule has 0 amide bonds. The van der Waals surface area contributed by atoms with E-state index in [2.05, 4.69) is 30.5 Å². The first kappa shape index (κ1) is 14.9. The van der Waals surface area contributed by atoms with E-state index in [9.17, 15) is 0 Å². The summed E-state index contributed by atoms with van der Waals surface area (Å²) in [6.45, 7) is 7.24. The Bertz CT molecular complexity index is 363. The molecule has 0 aromatic carbocycles. The zero-order chi connectivity index (χ0) is 13.5. The average molecular weight is 283 g/mol. The summed E-state index contributed by atoms with van der Waals surface area (Å²) in [7, 11) is 0. The van der Waals surface area contributed by atoms with Crippen LogP contribution in [0.2, 0.25) is 0 Å². The van der Waals surface area contributed by atoms with Gasteiger partial charge < -0.3 is 10.1 Å². The molecule has 0 aliphatic carbocycles. The van der Waals surface area contributed by atoms with Gasteiger partial charge in [-0.2, -0.15) is 16.9 Å². The quantitative estimate of drug-likeness (QED) is 0.834. The molecule has 1 aromatic rings. The van der Waals surface area contributed by atoms with Gasteiger partial charge in [-0.3, -0.25) is 4.68 Å². The molecule has 1 N–H and O–H groups in total. The molecule has 19 heavy (non-hydrogen) atoms. The Morgan fingerprint density at radius 2 is 2.42 bits per heavy atom. The molecule has 0 bridgehead atoms. The SMILES string of the molecule is CCCNC(c1cnn(CCC)c1)C1CSCCO1. The molecule has 0 radical (unpaired) electrons. The van der Waals surface area contributed by atoms with Gasteiger partial charge in [-0.15, -0.1) is 0 Å². The first-order chi connectivity index (χ1) is 9.35. The maximum absolute atomic E-state index is 5.94. The van der Waals surface area contributed by atoms with Crippen LogP contribution in [0.25, 0.3) is 0 Å². The first-order valence-corrected chi connectivity index (χ1v) is 8.45. The molecule has 0 saturated carbocycles. The summed E-state index contributed by atoms with van der Waals surface area (Å²) in [6, 6.07) is 0.276. The van der Waals surface area contributed by atoms with E-state index in [0.29, 0.717) is 0 Å². The second-order valence-electron chi connectivity index (χ2n) is 4.95. The summed E-state index contributed by atoms with van der Waals surface area (Å²) in [5.41, 5.74) is 1.26. The molecule has 2 rings (SSSR count). The lowest BCUT2D eigenvalue weighted by molar-refractivity contribution is 0.0468. The molecule has 1 aliphatic rings. The van der Waals surface area contributed by atoms with E-state index in [1.165, 1.54) is 5.56 Å². The Kier molecular flexibility index (Phi) is 6.20. The van der Waals surface area contributed by atoms with E-state index < -0.39 is 0 Å². The van der Waals surface area contributed by atoms with Gasteiger partial charge in [0, 0.05) is 29.8 Å². The van der Waals surface area contributed by atoms with E-state index in [4.69, 9.17) is 4.74 Å². The molecule has 2 heterocycles. The predicted molar refractivity (Wildman–Crippen MR) is 80.6 cm³/mol. The van der Waals surface area contributed by atoms with E-state index in [1.54, 1.807) is 0 Å². The molecule has 1 aromatic heterocycles. The van der Waals surface area contributed by atoms with Gasteiger partial charge in [0.05, 0.1) is 24.9 Å². The highest BCUT2D eigenvalue weighted by atomic mass is 32.2. The summed E-state index contributed by atoms with van der Waals surface area (Å²) in [4.78, 5) is 0. The largest absolute Gasteiger partial charge is 0.375 e. The summed E-state index contributed by atoms with van der Waals surface area (Å²) in [5, 5.41) is 8.06. The third-order valence-electron chi connectivity index (χ3n) is 3.29. The van der Waals surface area contributed by atoms with Gasteiger partial charge in [-0.1, -0.05) is 13.8 Å². The monoisotopic (exact) mass is 283 g/mol. The Morgan fingerprint density at radius 1 is 1.53 bits per heavy atom. The van der Waals surface area contributed by atoms with Gasteiger partial charge in [0.15, 0.2) is 0 Å². The summed E-state index contributed by atoms with van der Waals surface area (Å²) in [5.74, 6) is 2.19. The van der Waals surface area contributed by atoms with Crippen LogP contribution in [-0.2, 0) is 11.3 Å². The minimum absolute atomic E-state index is 0.268. The van der Waals surface area contributed by atoms with Crippen molar-refractivity contribution < 1.29 is 4.74 Å². The first-order valence-electron chi connectivity index (χ1n) is 7.30. The van der Waals surface area contributed by atoms with Gasteiger partial charge >= 0.3 is 0 Å². The van der Waals surface area contributed by atoms with Crippen molar-refractivity contribution in [3.05, 3.63) is 18.0 Å². The van der Waals surface area contributed by atoms with Crippen molar-refractivity contribution in [2.75, 3.05) is 24.7 Å². The second kappa shape index (κ2) is 7.92. The molecule has 0 spiro atoms. The molecular formula is C14H25N3OS. The van der Waals surface area contributed by atoms with Gasteiger partial charge in [0.2, 0.25) is 0 Å². The van der Waals surface area contributed by atoms with Crippen LogP contribution in [0.5, 0.6) is 0 Å². The van der Waals surface area contributed by atoms with Crippen molar-refractivity contribution in [2.45, 2.75) is 45.4 Å². The molecule has 2 atom stereocenters. The highest BCUT2D eigenvalue weighted by molar-refractivity contribution is 7.99. The van der Waals surface area contributed by atoms with Gasteiger partial charge in [0.25, 0.3) is 0 Å². The van der Waals surface area contributed by atoms with Crippen LogP contribution < -0.4 is 5.32 Å². The smallest absolute Gasteiger partial charge is 0.0861 e. The Morgan fingerprint density at radius 3 is 3.11 bits per heavy atom. The highest BCUT2D eigenvalue weighted by Crippen LogP contribution is 2.25. The van der Waals surface area contributed by atoms with E-state index in [-0.39, 0.29) is 12.1 Å². The van der Waals surface area contributed by atoms with E-state index >= 15 is 0 Å². The predicted octanol–water partition coefficient (Wildman–Crippen LogP) is 2.47. The number of nitrogens with zero attached hydrogens (tertiary/aromatic N) is 2. The maximum Gasteiger partial charge on any atom is 0.0861 e. The number of hydrogen-bond donors (Lipinski definition) is 1. The zero-order valence-corrected chi connectivity index (χ0v) is 12.8. The van der Waals surface area contributed by atoms with Crippen molar-refractivity contribution >= 4 is 11.8 Å². The number of thioether (sulfide) groups is 1. The van der Waals surface area contributed by atoms with Crippen LogP contribution >= 0.6 is 11.8 Å². The molecular weight excluding hydrogens is 258 g/mol. The van der Waals surface area contributed by atoms with Crippen LogP contribution in [0.4, 0.5) is 0 Å². The number of aryl methyl sites for hydroxylation is 1. The van der Waals surface area contributed by atoms with Crippen molar-refractivity contribution in [1.29, 1.82) is 0 Å². The molecule has 108 valence electrons. The lowest BCUT2D eigenvalue weighted by Crippen LogP contribution is -2.38. The summed E-state index contributed by atoms with van der Waals surface area (Å²) < 4.78 is 7.97. The van der Waals surface area contributed by atoms with Crippen LogP contribution in [0.3, 0.4) is 0 Å².